The topological polar surface area (TPSA) is 83.4 Å². The predicted molar refractivity (Wildman–Crippen MR) is 110 cm³/mol. The quantitative estimate of drug-likeness (QED) is 0.501. The largest absolute Gasteiger partial charge is 0.493 e. The molecule has 2 N–H and O–H groups in total. The van der Waals surface area contributed by atoms with E-state index in [1.165, 1.54) is 13.3 Å². The standard InChI is InChI=1S/C20H19Cl2N3O3/c1-12(13-4-5-18(27-2)19(6-13)28-3)25-20(26)14(10-23)11-24-17-8-15(21)7-16(22)9-17/h4-9,11-12,24H,1-3H3,(H,25,26)/b14-11-. The molecule has 2 aromatic rings. The number of nitrogens with one attached hydrogen (secondary N) is 2. The van der Waals surface area contributed by atoms with Crippen molar-refractivity contribution in [1.29, 1.82) is 5.26 Å². The Hall–Kier alpha value is -2.88. The molecule has 0 saturated carbocycles. The van der Waals surface area contributed by atoms with E-state index in [0.717, 1.165) is 5.56 Å². The highest BCUT2D eigenvalue weighted by Gasteiger charge is 2.15. The van der Waals surface area contributed by atoms with Crippen molar-refractivity contribution in [2.45, 2.75) is 13.0 Å². The van der Waals surface area contributed by atoms with E-state index in [9.17, 15) is 10.1 Å². The van der Waals surface area contributed by atoms with Gasteiger partial charge < -0.3 is 20.1 Å². The normalized spacial score (nSPS) is 11.9. The van der Waals surface area contributed by atoms with Gasteiger partial charge >= 0.3 is 0 Å². The van der Waals surface area contributed by atoms with E-state index in [0.29, 0.717) is 27.2 Å². The molecule has 0 aliphatic carbocycles. The van der Waals surface area contributed by atoms with Gasteiger partial charge in [-0.05, 0) is 42.8 Å². The number of anilines is 1. The first kappa shape index (κ1) is 21.4. The van der Waals surface area contributed by atoms with Crippen molar-refractivity contribution in [3.8, 4) is 17.6 Å². The fourth-order valence-corrected chi connectivity index (χ4v) is 2.95. The van der Waals surface area contributed by atoms with Crippen LogP contribution in [0.2, 0.25) is 10.0 Å². The van der Waals surface area contributed by atoms with E-state index in [4.69, 9.17) is 32.7 Å². The van der Waals surface area contributed by atoms with Crippen molar-refractivity contribution < 1.29 is 14.3 Å². The van der Waals surface area contributed by atoms with Gasteiger partial charge in [-0.15, -0.1) is 0 Å². The van der Waals surface area contributed by atoms with Crippen molar-refractivity contribution in [3.63, 3.8) is 0 Å². The summed E-state index contributed by atoms with van der Waals surface area (Å²) in [5.41, 5.74) is 1.27. The number of ether oxygens (including phenoxy) is 2. The van der Waals surface area contributed by atoms with E-state index in [-0.39, 0.29) is 11.6 Å². The molecule has 146 valence electrons. The molecule has 0 aliphatic rings. The van der Waals surface area contributed by atoms with Crippen LogP contribution in [0.25, 0.3) is 0 Å². The molecule has 0 bridgehead atoms. The molecular formula is C20H19Cl2N3O3. The maximum atomic E-state index is 12.4. The lowest BCUT2D eigenvalue weighted by Gasteiger charge is -2.16. The highest BCUT2D eigenvalue weighted by Crippen LogP contribution is 2.30. The maximum absolute atomic E-state index is 12.4. The molecule has 0 fully saturated rings. The summed E-state index contributed by atoms with van der Waals surface area (Å²) in [4.78, 5) is 12.4. The van der Waals surface area contributed by atoms with Gasteiger partial charge in [-0.3, -0.25) is 4.79 Å². The van der Waals surface area contributed by atoms with Crippen LogP contribution in [0.15, 0.2) is 48.2 Å². The van der Waals surface area contributed by atoms with Crippen LogP contribution in [-0.4, -0.2) is 20.1 Å². The smallest absolute Gasteiger partial charge is 0.263 e. The minimum absolute atomic E-state index is 0.0941. The highest BCUT2D eigenvalue weighted by atomic mass is 35.5. The zero-order chi connectivity index (χ0) is 20.7. The Morgan fingerprint density at radius 1 is 1.11 bits per heavy atom. The van der Waals surface area contributed by atoms with Gasteiger partial charge in [0.05, 0.1) is 20.3 Å². The first-order valence-electron chi connectivity index (χ1n) is 8.23. The molecule has 1 atom stereocenters. The summed E-state index contributed by atoms with van der Waals surface area (Å²) in [6.07, 6.45) is 1.30. The fourth-order valence-electron chi connectivity index (χ4n) is 2.42. The molecule has 0 aromatic heterocycles. The second-order valence-electron chi connectivity index (χ2n) is 5.78. The molecule has 0 heterocycles. The van der Waals surface area contributed by atoms with Crippen molar-refractivity contribution in [1.82, 2.24) is 5.32 Å². The fraction of sp³-hybridized carbons (Fsp3) is 0.200. The summed E-state index contributed by atoms with van der Waals surface area (Å²) in [6, 6.07) is 11.7. The van der Waals surface area contributed by atoms with Crippen LogP contribution in [0.1, 0.15) is 18.5 Å². The van der Waals surface area contributed by atoms with Gasteiger partial charge in [-0.2, -0.15) is 5.26 Å². The third-order valence-corrected chi connectivity index (χ3v) is 4.30. The Balaban J connectivity index is 2.11. The van der Waals surface area contributed by atoms with Crippen molar-refractivity contribution >= 4 is 34.8 Å². The number of hydrogen-bond acceptors (Lipinski definition) is 5. The minimum atomic E-state index is -0.523. The molecule has 1 unspecified atom stereocenters. The third-order valence-electron chi connectivity index (χ3n) is 3.87. The van der Waals surface area contributed by atoms with Gasteiger partial charge in [0.1, 0.15) is 11.6 Å². The minimum Gasteiger partial charge on any atom is -0.493 e. The van der Waals surface area contributed by atoms with Crippen LogP contribution in [0.4, 0.5) is 5.69 Å². The number of halogens is 2. The van der Waals surface area contributed by atoms with E-state index in [1.807, 2.05) is 12.1 Å². The van der Waals surface area contributed by atoms with Crippen LogP contribution in [-0.2, 0) is 4.79 Å². The van der Waals surface area contributed by atoms with Crippen molar-refractivity contribution in [2.75, 3.05) is 19.5 Å². The first-order chi connectivity index (χ1) is 13.4. The van der Waals surface area contributed by atoms with Gasteiger partial charge in [0.2, 0.25) is 0 Å². The molecule has 28 heavy (non-hydrogen) atoms. The number of hydrogen-bond donors (Lipinski definition) is 2. The molecule has 0 saturated heterocycles. The van der Waals surface area contributed by atoms with Crippen LogP contribution in [0.5, 0.6) is 11.5 Å². The summed E-state index contributed by atoms with van der Waals surface area (Å²) in [7, 11) is 3.09. The van der Waals surface area contributed by atoms with E-state index >= 15 is 0 Å². The summed E-state index contributed by atoms with van der Waals surface area (Å²) in [5.74, 6) is 0.619. The number of methoxy groups -OCH3 is 2. The lowest BCUT2D eigenvalue weighted by Crippen LogP contribution is -2.28. The molecule has 6 nitrogen and oxygen atoms in total. The molecular weight excluding hydrogens is 401 g/mol. The van der Waals surface area contributed by atoms with Crippen LogP contribution >= 0.6 is 23.2 Å². The predicted octanol–water partition coefficient (Wildman–Crippen LogP) is 4.71. The summed E-state index contributed by atoms with van der Waals surface area (Å²) < 4.78 is 10.5. The maximum Gasteiger partial charge on any atom is 0.263 e. The number of nitrogens with zero attached hydrogens (tertiary/aromatic N) is 1. The summed E-state index contributed by atoms with van der Waals surface area (Å²) >= 11 is 11.9. The molecule has 0 spiro atoms. The van der Waals surface area contributed by atoms with Gasteiger partial charge in [-0.25, -0.2) is 0 Å². The lowest BCUT2D eigenvalue weighted by atomic mass is 10.1. The zero-order valence-corrected chi connectivity index (χ0v) is 17.1. The monoisotopic (exact) mass is 419 g/mol. The van der Waals surface area contributed by atoms with E-state index in [1.54, 1.807) is 44.4 Å². The average Bonchev–Trinajstić information content (AvgIpc) is 2.67. The number of carbonyl (C=O) groups is 1. The molecule has 8 heteroatoms. The van der Waals surface area contributed by atoms with Crippen LogP contribution < -0.4 is 20.1 Å². The van der Waals surface area contributed by atoms with Crippen molar-refractivity contribution in [2.24, 2.45) is 0 Å². The lowest BCUT2D eigenvalue weighted by molar-refractivity contribution is -0.117. The Morgan fingerprint density at radius 3 is 2.32 bits per heavy atom. The average molecular weight is 420 g/mol. The number of carbonyl (C=O) groups excluding carboxylic acids is 1. The Bertz CT molecular complexity index is 919. The van der Waals surface area contributed by atoms with Crippen LogP contribution in [0, 0.1) is 11.3 Å². The molecule has 2 rings (SSSR count). The van der Waals surface area contributed by atoms with E-state index < -0.39 is 5.91 Å². The molecule has 1 amide bonds. The van der Waals surface area contributed by atoms with Gasteiger partial charge in [0, 0.05) is 21.9 Å². The Morgan fingerprint density at radius 2 is 1.75 bits per heavy atom. The highest BCUT2D eigenvalue weighted by molar-refractivity contribution is 6.35. The second-order valence-corrected chi connectivity index (χ2v) is 6.65. The summed E-state index contributed by atoms with van der Waals surface area (Å²) in [6.45, 7) is 1.80. The number of benzene rings is 2. The third kappa shape index (κ3) is 5.56. The van der Waals surface area contributed by atoms with Gasteiger partial charge in [0.25, 0.3) is 5.91 Å². The number of rotatable bonds is 7. The molecule has 0 aliphatic heterocycles. The first-order valence-corrected chi connectivity index (χ1v) is 8.99. The Labute approximate surface area is 173 Å². The van der Waals surface area contributed by atoms with Crippen LogP contribution in [0.3, 0.4) is 0 Å². The zero-order valence-electron chi connectivity index (χ0n) is 15.5. The second kappa shape index (κ2) is 9.88. The van der Waals surface area contributed by atoms with E-state index in [2.05, 4.69) is 10.6 Å². The molecule has 2 aromatic carbocycles. The Kier molecular flexibility index (Phi) is 7.56. The van der Waals surface area contributed by atoms with Gasteiger partial charge in [-0.1, -0.05) is 29.3 Å². The number of amides is 1. The SMILES string of the molecule is COc1ccc(C(C)NC(=O)/C(C#N)=C\Nc2cc(Cl)cc(Cl)c2)cc1OC. The van der Waals surface area contributed by atoms with Crippen molar-refractivity contribution in [3.05, 3.63) is 63.8 Å². The summed E-state index contributed by atoms with van der Waals surface area (Å²) in [5, 5.41) is 15.8. The number of nitriles is 1. The van der Waals surface area contributed by atoms with Gasteiger partial charge in [0.15, 0.2) is 11.5 Å². The molecule has 0 radical (unpaired) electrons.